The van der Waals surface area contributed by atoms with Crippen LogP contribution in [0.25, 0.3) is 11.6 Å². The lowest BCUT2D eigenvalue weighted by molar-refractivity contribution is -0.160. The number of nitrogens with zero attached hydrogens (tertiary/aromatic N) is 6. The number of benzene rings is 2. The Labute approximate surface area is 515 Å². The van der Waals surface area contributed by atoms with Crippen LogP contribution >= 0.6 is 0 Å². The summed E-state index contributed by atoms with van der Waals surface area (Å²) in [6.07, 6.45) is 7.08. The molecule has 2 atom stereocenters. The SMILES string of the molecule is CC(NC(=O)c1cc(C(=O)NCc2ccc(F)c(CNc3c(N)c(=O)c3=O)c2)n2c(=O)onc2n1)C12CCC(C(=O)O)(CC1)CC2.CC(NC(=O)c1cc(C(=O)NCc2ccc(F)c(CNc3c(N)c(=O)c3=O)c2)nc2noc(=O)n12)C12CCC(C(=O)O)(CC1)CC2. The fraction of sp³-hybridized carbons (Fsp3) is 0.400. The molecule has 0 saturated heterocycles. The van der Waals surface area contributed by atoms with Crippen LogP contribution in [0.5, 0.6) is 0 Å². The van der Waals surface area contributed by atoms with Crippen LogP contribution in [0, 0.1) is 33.3 Å². The summed E-state index contributed by atoms with van der Waals surface area (Å²) in [7, 11) is 0. The van der Waals surface area contributed by atoms with Crippen molar-refractivity contribution < 1.29 is 56.8 Å². The number of hydrogen-bond donors (Lipinski definition) is 10. The fourth-order valence-corrected chi connectivity index (χ4v) is 13.3. The monoisotopic (exact) mass is 1270 g/mol. The van der Waals surface area contributed by atoms with Crippen LogP contribution in [0.1, 0.15) is 155 Å². The predicted octanol–water partition coefficient (Wildman–Crippen LogP) is 2.17. The number of fused-ring (bicyclic) bond motifs is 8. The maximum atomic E-state index is 14.4. The molecule has 6 aliphatic carbocycles. The second kappa shape index (κ2) is 23.8. The number of rotatable bonds is 20. The number of aromatic nitrogens is 6. The Balaban J connectivity index is 0.000000188. The van der Waals surface area contributed by atoms with E-state index in [1.54, 1.807) is 0 Å². The van der Waals surface area contributed by atoms with Crippen molar-refractivity contribution in [2.75, 3.05) is 22.1 Å². The number of nitrogen functional groups attached to an aromatic ring is 2. The van der Waals surface area contributed by atoms with Gasteiger partial charge in [0.25, 0.3) is 56.9 Å². The average Bonchev–Trinajstić information content (AvgIpc) is 1.27. The van der Waals surface area contributed by atoms with Crippen LogP contribution in [-0.4, -0.2) is 86.9 Å². The summed E-state index contributed by atoms with van der Waals surface area (Å²) in [6.45, 7) is 3.23. The molecule has 14 rings (SSSR count). The molecule has 0 radical (unpaired) electrons. The molecule has 4 bridgehead atoms. The quantitative estimate of drug-likeness (QED) is 0.0489. The lowest BCUT2D eigenvalue weighted by atomic mass is 9.52. The fourth-order valence-electron chi connectivity index (χ4n) is 13.3. The van der Waals surface area contributed by atoms with Crippen LogP contribution in [0.2, 0.25) is 0 Å². The van der Waals surface area contributed by atoms with E-state index in [0.29, 0.717) is 88.2 Å². The van der Waals surface area contributed by atoms with Crippen molar-refractivity contribution in [2.45, 2.75) is 129 Å². The zero-order chi connectivity index (χ0) is 65.9. The zero-order valence-electron chi connectivity index (χ0n) is 49.3. The molecule has 4 amide bonds. The van der Waals surface area contributed by atoms with Crippen molar-refractivity contribution in [2.24, 2.45) is 21.7 Å². The number of hydrogen-bond acceptors (Lipinski definition) is 22. The number of amides is 4. The molecule has 480 valence electrons. The first-order valence-corrected chi connectivity index (χ1v) is 29.3. The molecule has 6 fully saturated rings. The Morgan fingerprint density at radius 2 is 0.891 bits per heavy atom. The average molecular weight is 1270 g/mol. The van der Waals surface area contributed by atoms with Gasteiger partial charge in [0.2, 0.25) is 0 Å². The highest BCUT2D eigenvalue weighted by Crippen LogP contribution is 2.59. The van der Waals surface area contributed by atoms with Gasteiger partial charge in [0, 0.05) is 49.4 Å². The molecule has 4 heterocycles. The van der Waals surface area contributed by atoms with Gasteiger partial charge in [0.05, 0.1) is 10.8 Å². The number of nitrogens with two attached hydrogens (primary N) is 2. The van der Waals surface area contributed by atoms with E-state index >= 15 is 0 Å². The van der Waals surface area contributed by atoms with Crippen LogP contribution in [0.15, 0.2) is 86.3 Å². The summed E-state index contributed by atoms with van der Waals surface area (Å²) in [5.41, 5.74) is 5.59. The molecular formula is C60H60F2N14O16. The first kappa shape index (κ1) is 62.8. The summed E-state index contributed by atoms with van der Waals surface area (Å²) in [5.74, 6) is -8.07. The minimum atomic E-state index is -0.995. The molecule has 0 spiro atoms. The van der Waals surface area contributed by atoms with Crippen molar-refractivity contribution >= 4 is 69.9 Å². The molecule has 0 aliphatic heterocycles. The summed E-state index contributed by atoms with van der Waals surface area (Å²) in [6, 6.07) is 9.72. The first-order chi connectivity index (χ1) is 43.7. The number of carbonyl (C=O) groups is 6. The van der Waals surface area contributed by atoms with Gasteiger partial charge in [-0.25, -0.2) is 37.1 Å². The molecule has 12 N–H and O–H groups in total. The number of halogens is 2. The lowest BCUT2D eigenvalue weighted by Crippen LogP contribution is -2.54. The molecule has 8 aromatic rings. The van der Waals surface area contributed by atoms with E-state index in [2.05, 4.69) is 56.7 Å². The van der Waals surface area contributed by atoms with Gasteiger partial charge in [-0.3, -0.25) is 57.0 Å². The Hall–Kier alpha value is -10.8. The molecule has 2 unspecified atom stereocenters. The topological polar surface area (TPSA) is 456 Å². The summed E-state index contributed by atoms with van der Waals surface area (Å²) in [4.78, 5) is 156. The van der Waals surface area contributed by atoms with E-state index in [1.165, 1.54) is 36.4 Å². The lowest BCUT2D eigenvalue weighted by Gasteiger charge is -2.54. The molecule has 30 nitrogen and oxygen atoms in total. The van der Waals surface area contributed by atoms with Gasteiger partial charge in [0.15, 0.2) is 0 Å². The third kappa shape index (κ3) is 11.3. The van der Waals surface area contributed by atoms with E-state index < -0.39 is 91.3 Å². The smallest absolute Gasteiger partial charge is 0.448 e. The third-order valence-corrected chi connectivity index (χ3v) is 19.6. The Morgan fingerprint density at radius 3 is 1.28 bits per heavy atom. The highest BCUT2D eigenvalue weighted by molar-refractivity contribution is 5.99. The summed E-state index contributed by atoms with van der Waals surface area (Å²) >= 11 is 0. The van der Waals surface area contributed by atoms with Crippen molar-refractivity contribution in [3.8, 4) is 0 Å². The standard InChI is InChI=1S/2C30H30FN7O8/c1-14(29-4-7-30(8-5-29,9-6-29)26(43)44)35-24(41)18-11-19(38-27(36-18)37-46-28(38)45)25(42)34-12-15-2-3-17(31)16(10-15)13-33-21-20(32)22(39)23(21)40;1-14(29-4-7-30(8-5-29,9-6-29)26(43)44)35-25(42)19-11-18(36-27-37-46-28(45)38(19)27)24(41)34-12-15-2-3-17(31)16(10-15)13-33-21-20(32)22(39)23(21)40/h2-3,10-11,14,33H,4-9,12-13,32H2,1H3,(H,34,42)(H,35,41)(H,43,44);2-3,10-11,14,33H,4-9,12-13,32H2,1H3,(H,34,41)(H,35,42)(H,43,44). The number of carboxylic acid groups (broad SMARTS) is 2. The Morgan fingerprint density at radius 1 is 0.522 bits per heavy atom. The highest BCUT2D eigenvalue weighted by Gasteiger charge is 2.56. The van der Waals surface area contributed by atoms with Gasteiger partial charge < -0.3 is 53.6 Å². The van der Waals surface area contributed by atoms with Crippen LogP contribution in [0.4, 0.5) is 31.5 Å². The molecular weight excluding hydrogens is 1210 g/mol. The second-order valence-corrected chi connectivity index (χ2v) is 24.3. The molecule has 4 aromatic carbocycles. The number of carbonyl (C=O) groups excluding carboxylic acids is 4. The molecule has 6 saturated carbocycles. The third-order valence-electron chi connectivity index (χ3n) is 19.6. The van der Waals surface area contributed by atoms with Gasteiger partial charge >= 0.3 is 23.5 Å². The number of carboxylic acids is 2. The minimum Gasteiger partial charge on any atom is -0.481 e. The molecule has 6 aliphatic rings. The largest absolute Gasteiger partial charge is 0.481 e. The van der Waals surface area contributed by atoms with Gasteiger partial charge in [-0.1, -0.05) is 12.1 Å². The van der Waals surface area contributed by atoms with Crippen molar-refractivity contribution in [1.29, 1.82) is 0 Å². The van der Waals surface area contributed by atoms with Crippen molar-refractivity contribution in [3.05, 3.63) is 167 Å². The van der Waals surface area contributed by atoms with Crippen LogP contribution < -0.4 is 76.6 Å². The Kier molecular flexibility index (Phi) is 16.3. The van der Waals surface area contributed by atoms with Gasteiger partial charge in [-0.2, -0.15) is 0 Å². The minimum absolute atomic E-state index is 0.0776. The molecule has 32 heteroatoms. The van der Waals surface area contributed by atoms with Crippen molar-refractivity contribution in [1.82, 2.24) is 50.3 Å². The van der Waals surface area contributed by atoms with E-state index in [9.17, 15) is 76.5 Å². The summed E-state index contributed by atoms with van der Waals surface area (Å²) in [5, 5.41) is 43.0. The Bertz CT molecular complexity index is 4620. The second-order valence-electron chi connectivity index (χ2n) is 24.3. The van der Waals surface area contributed by atoms with Gasteiger partial charge in [-0.05, 0) is 160 Å². The molecule has 4 aromatic heterocycles. The summed E-state index contributed by atoms with van der Waals surface area (Å²) < 4.78 is 39.9. The van der Waals surface area contributed by atoms with E-state index in [4.69, 9.17) is 16.0 Å². The van der Waals surface area contributed by atoms with E-state index in [1.807, 2.05) is 13.8 Å². The first-order valence-electron chi connectivity index (χ1n) is 29.3. The number of nitrogens with one attached hydrogen (secondary N) is 6. The normalized spacial score (nSPS) is 21.3. The van der Waals surface area contributed by atoms with Gasteiger partial charge in [-0.15, -0.1) is 0 Å². The zero-order valence-corrected chi connectivity index (χ0v) is 49.3. The van der Waals surface area contributed by atoms with Crippen molar-refractivity contribution in [3.63, 3.8) is 0 Å². The maximum absolute atomic E-state index is 14.4. The van der Waals surface area contributed by atoms with E-state index in [-0.39, 0.29) is 117 Å². The van der Waals surface area contributed by atoms with Crippen LogP contribution in [0.3, 0.4) is 0 Å². The molecule has 92 heavy (non-hydrogen) atoms. The maximum Gasteiger partial charge on any atom is 0.448 e. The highest BCUT2D eigenvalue weighted by atomic mass is 19.1. The van der Waals surface area contributed by atoms with Crippen LogP contribution in [-0.2, 0) is 35.8 Å². The number of anilines is 4. The van der Waals surface area contributed by atoms with E-state index in [0.717, 1.165) is 20.9 Å². The van der Waals surface area contributed by atoms with Gasteiger partial charge in [0.1, 0.15) is 57.2 Å². The predicted molar refractivity (Wildman–Crippen MR) is 319 cm³/mol. The number of aliphatic carboxylic acids is 2.